The van der Waals surface area contributed by atoms with Gasteiger partial charge in [-0.25, -0.2) is 13.2 Å². The summed E-state index contributed by atoms with van der Waals surface area (Å²) in [6.45, 7) is 7.47. The molecule has 0 saturated carbocycles. The fourth-order valence-electron chi connectivity index (χ4n) is 5.04. The van der Waals surface area contributed by atoms with E-state index in [9.17, 15) is 18.0 Å². The van der Waals surface area contributed by atoms with Crippen molar-refractivity contribution in [2.24, 2.45) is 0 Å². The van der Waals surface area contributed by atoms with Gasteiger partial charge in [0, 0.05) is 23.0 Å². The van der Waals surface area contributed by atoms with Crippen LogP contribution in [0.5, 0.6) is 0 Å². The van der Waals surface area contributed by atoms with Crippen molar-refractivity contribution in [1.29, 1.82) is 0 Å². The highest BCUT2D eigenvalue weighted by Gasteiger charge is 2.38. The van der Waals surface area contributed by atoms with Crippen LogP contribution in [0.1, 0.15) is 42.1 Å². The van der Waals surface area contributed by atoms with Gasteiger partial charge in [0.25, 0.3) is 5.91 Å². The second-order valence-electron chi connectivity index (χ2n) is 10.7. The molecule has 5 rings (SSSR count). The lowest BCUT2D eigenvalue weighted by atomic mass is 10.1. The molecule has 1 amide bonds. The third-order valence-electron chi connectivity index (χ3n) is 7.40. The number of carbonyl (C=O) groups is 2. The Balaban J connectivity index is 1.48. The number of amides is 1. The predicted octanol–water partition coefficient (Wildman–Crippen LogP) is 7.21. The van der Waals surface area contributed by atoms with Crippen LogP contribution in [0, 0.1) is 13.8 Å². The number of esters is 1. The number of anilines is 1. The van der Waals surface area contributed by atoms with Gasteiger partial charge in [-0.2, -0.15) is 4.31 Å². The molecule has 0 unspecified atom stereocenters. The molecule has 0 saturated heterocycles. The van der Waals surface area contributed by atoms with Gasteiger partial charge in [0.1, 0.15) is 11.5 Å². The number of hydrogen-bond donors (Lipinski definition) is 0. The van der Waals surface area contributed by atoms with E-state index in [1.165, 1.54) is 39.5 Å². The zero-order valence-electron chi connectivity index (χ0n) is 25.4. The maximum Gasteiger partial charge on any atom is 0.340 e. The summed E-state index contributed by atoms with van der Waals surface area (Å²) in [5.41, 5.74) is 4.23. The number of furan rings is 1. The number of carbonyl (C=O) groups excluding carboxylic acids is 2. The Morgan fingerprint density at radius 3 is 2.13 bits per heavy atom. The number of allylic oxidation sites excluding steroid dienone is 1. The van der Waals surface area contributed by atoms with Crippen LogP contribution in [0.25, 0.3) is 6.08 Å². The molecule has 1 aliphatic rings. The smallest absolute Gasteiger partial charge is 0.340 e. The van der Waals surface area contributed by atoms with Crippen LogP contribution < -0.4 is 4.90 Å². The zero-order valence-corrected chi connectivity index (χ0v) is 27.0. The Morgan fingerprint density at radius 2 is 1.51 bits per heavy atom. The van der Waals surface area contributed by atoms with Crippen molar-refractivity contribution in [3.63, 3.8) is 0 Å². The largest absolute Gasteiger partial charge is 0.462 e. The number of benzene rings is 3. The number of aryl methyl sites for hydroxylation is 2. The van der Waals surface area contributed by atoms with Gasteiger partial charge in [-0.05, 0) is 87.9 Å². The minimum absolute atomic E-state index is 0.0783. The molecule has 232 valence electrons. The number of nitrogens with zero attached hydrogens (tertiary/aromatic N) is 2. The van der Waals surface area contributed by atoms with E-state index >= 15 is 0 Å². The van der Waals surface area contributed by atoms with E-state index < -0.39 is 21.9 Å². The molecule has 45 heavy (non-hydrogen) atoms. The van der Waals surface area contributed by atoms with Crippen molar-refractivity contribution in [2.75, 3.05) is 11.5 Å². The van der Waals surface area contributed by atoms with Crippen LogP contribution in [0.3, 0.4) is 0 Å². The second kappa shape index (κ2) is 13.3. The summed E-state index contributed by atoms with van der Waals surface area (Å²) in [5.74, 6) is -0.378. The molecule has 2 heterocycles. The van der Waals surface area contributed by atoms with E-state index in [1.54, 1.807) is 26.0 Å². The van der Waals surface area contributed by atoms with Gasteiger partial charge in [0.05, 0.1) is 29.2 Å². The molecule has 8 nitrogen and oxygen atoms in total. The maximum absolute atomic E-state index is 13.8. The van der Waals surface area contributed by atoms with Gasteiger partial charge >= 0.3 is 5.97 Å². The van der Waals surface area contributed by atoms with Gasteiger partial charge in [-0.3, -0.25) is 9.69 Å². The summed E-state index contributed by atoms with van der Waals surface area (Å²) >= 11 is 6.02. The summed E-state index contributed by atoms with van der Waals surface area (Å²) in [6, 6.07) is 24.3. The van der Waals surface area contributed by atoms with Crippen LogP contribution in [0.15, 0.2) is 111 Å². The lowest BCUT2D eigenvalue weighted by molar-refractivity contribution is -0.138. The first-order valence-electron chi connectivity index (χ1n) is 14.4. The summed E-state index contributed by atoms with van der Waals surface area (Å²) in [5, 5.41) is 0.427. The average molecular weight is 645 g/mol. The summed E-state index contributed by atoms with van der Waals surface area (Å²) < 4.78 is 40.2. The van der Waals surface area contributed by atoms with Crippen molar-refractivity contribution in [2.45, 2.75) is 45.7 Å². The van der Waals surface area contributed by atoms with Gasteiger partial charge in [-0.15, -0.1) is 0 Å². The van der Waals surface area contributed by atoms with E-state index in [0.29, 0.717) is 22.2 Å². The highest BCUT2D eigenvalue weighted by Crippen LogP contribution is 2.36. The average Bonchev–Trinajstić information content (AvgIpc) is 3.55. The SMILES string of the molecule is CCOC(=O)C1=C(C)N(c2ccc(C)cc2)C(=O)/C1=C/c1ccc(CN(Cc2ccc(C)cc2)S(=O)(=O)c2ccc(Cl)cc2)o1. The molecule has 1 aliphatic heterocycles. The molecule has 0 aliphatic carbocycles. The molecule has 0 bridgehead atoms. The minimum atomic E-state index is -3.95. The molecule has 0 fully saturated rings. The summed E-state index contributed by atoms with van der Waals surface area (Å²) in [4.78, 5) is 28.3. The highest BCUT2D eigenvalue weighted by molar-refractivity contribution is 7.89. The van der Waals surface area contributed by atoms with E-state index in [2.05, 4.69) is 0 Å². The van der Waals surface area contributed by atoms with Gasteiger partial charge in [0.2, 0.25) is 10.0 Å². The lowest BCUT2D eigenvalue weighted by Crippen LogP contribution is -2.30. The fourth-order valence-corrected chi connectivity index (χ4v) is 6.56. The van der Waals surface area contributed by atoms with Crippen LogP contribution >= 0.6 is 11.6 Å². The first kappa shape index (κ1) is 32.0. The van der Waals surface area contributed by atoms with Crippen molar-refractivity contribution in [3.05, 3.63) is 135 Å². The van der Waals surface area contributed by atoms with Crippen molar-refractivity contribution < 1.29 is 27.2 Å². The van der Waals surface area contributed by atoms with E-state index in [1.807, 2.05) is 62.4 Å². The molecule has 0 spiro atoms. The van der Waals surface area contributed by atoms with E-state index in [0.717, 1.165) is 16.7 Å². The molecule has 3 aromatic carbocycles. The number of ether oxygens (including phenoxy) is 1. The van der Waals surface area contributed by atoms with Crippen molar-refractivity contribution in [3.8, 4) is 0 Å². The normalized spacial score (nSPS) is 14.6. The fraction of sp³-hybridized carbons (Fsp3) is 0.200. The van der Waals surface area contributed by atoms with Crippen LogP contribution in [0.2, 0.25) is 5.02 Å². The van der Waals surface area contributed by atoms with Crippen LogP contribution in [-0.2, 0) is 37.4 Å². The Morgan fingerprint density at radius 1 is 0.889 bits per heavy atom. The summed E-state index contributed by atoms with van der Waals surface area (Å²) in [6.07, 6.45) is 1.49. The molecule has 0 radical (unpaired) electrons. The number of hydrogen-bond acceptors (Lipinski definition) is 6. The second-order valence-corrected chi connectivity index (χ2v) is 13.1. The molecule has 4 aromatic rings. The van der Waals surface area contributed by atoms with Crippen molar-refractivity contribution in [1.82, 2.24) is 4.31 Å². The molecular weight excluding hydrogens is 612 g/mol. The third kappa shape index (κ3) is 6.96. The van der Waals surface area contributed by atoms with Gasteiger partial charge < -0.3 is 9.15 Å². The minimum Gasteiger partial charge on any atom is -0.462 e. The van der Waals surface area contributed by atoms with Gasteiger partial charge in [0.15, 0.2) is 0 Å². The molecule has 10 heteroatoms. The predicted molar refractivity (Wildman–Crippen MR) is 174 cm³/mol. The quantitative estimate of drug-likeness (QED) is 0.134. The first-order valence-corrected chi connectivity index (χ1v) is 16.2. The van der Waals surface area contributed by atoms with E-state index in [4.69, 9.17) is 20.8 Å². The summed E-state index contributed by atoms with van der Waals surface area (Å²) in [7, 11) is -3.95. The van der Waals surface area contributed by atoms with Crippen LogP contribution in [0.4, 0.5) is 5.69 Å². The monoisotopic (exact) mass is 644 g/mol. The standard InChI is InChI=1S/C35H33ClN2O6S/c1-5-43-35(40)33-25(4)38(28-14-8-24(3)9-15-28)34(39)32(33)20-29-16-17-30(44-29)22-37(21-26-10-6-23(2)7-11-26)45(41,42)31-18-12-27(36)13-19-31/h6-20H,5,21-22H2,1-4H3/b32-20+. The topological polar surface area (TPSA) is 97.1 Å². The zero-order chi connectivity index (χ0) is 32.3. The Labute approximate surface area is 268 Å². The molecule has 1 aromatic heterocycles. The lowest BCUT2D eigenvalue weighted by Gasteiger charge is -2.21. The Kier molecular flexibility index (Phi) is 9.43. The highest BCUT2D eigenvalue weighted by atomic mass is 35.5. The molecule has 0 N–H and O–H groups in total. The van der Waals surface area contributed by atoms with E-state index in [-0.39, 0.29) is 41.5 Å². The molecule has 0 atom stereocenters. The number of rotatable bonds is 10. The maximum atomic E-state index is 13.8. The van der Waals surface area contributed by atoms with Crippen molar-refractivity contribution >= 4 is 45.3 Å². The molecular formula is C35H33ClN2O6S. The first-order chi connectivity index (χ1) is 21.5. The Hall–Kier alpha value is -4.44. The number of sulfonamides is 1. The third-order valence-corrected chi connectivity index (χ3v) is 9.46. The van der Waals surface area contributed by atoms with Crippen LogP contribution in [-0.4, -0.2) is 31.2 Å². The van der Waals surface area contributed by atoms with Gasteiger partial charge in [-0.1, -0.05) is 59.1 Å². The number of halogens is 1. The Bertz CT molecular complexity index is 1890.